The number of alkyl halides is 1. The Bertz CT molecular complexity index is 368. The van der Waals surface area contributed by atoms with E-state index < -0.39 is 4.95 Å². The third-order valence-corrected chi connectivity index (χ3v) is 2.51. The number of carbonyl (C=O) groups excluding carboxylic acids is 2. The van der Waals surface area contributed by atoms with Gasteiger partial charge >= 0.3 is 0 Å². The lowest BCUT2D eigenvalue weighted by molar-refractivity contribution is -0.125. The van der Waals surface area contributed by atoms with Crippen LogP contribution in [0.2, 0.25) is 0 Å². The number of hydrogen-bond donors (Lipinski definition) is 2. The lowest BCUT2D eigenvalue weighted by Gasteiger charge is -2.11. The van der Waals surface area contributed by atoms with E-state index in [1.54, 1.807) is 0 Å². The summed E-state index contributed by atoms with van der Waals surface area (Å²) in [6.45, 7) is 1.81. The van der Waals surface area contributed by atoms with Gasteiger partial charge in [0.1, 0.15) is 0 Å². The van der Waals surface area contributed by atoms with Crippen molar-refractivity contribution in [3.05, 3.63) is 35.9 Å². The Morgan fingerprint density at radius 2 is 1.94 bits per heavy atom. The second kappa shape index (κ2) is 6.27. The van der Waals surface area contributed by atoms with Crippen molar-refractivity contribution in [2.24, 2.45) is 0 Å². The highest BCUT2D eigenvalue weighted by Crippen LogP contribution is 1.99. The summed E-state index contributed by atoms with van der Waals surface area (Å²) in [5.41, 5.74) is 1.01. The zero-order chi connectivity index (χ0) is 12.0. The van der Waals surface area contributed by atoms with Crippen molar-refractivity contribution in [2.45, 2.75) is 18.4 Å². The van der Waals surface area contributed by atoms with Gasteiger partial charge in [-0.2, -0.15) is 0 Å². The molecule has 1 aromatic carbocycles. The van der Waals surface area contributed by atoms with Gasteiger partial charge in [0.15, 0.2) is 4.95 Å². The Morgan fingerprint density at radius 1 is 1.31 bits per heavy atom. The lowest BCUT2D eigenvalue weighted by atomic mass is 10.2. The molecule has 1 rings (SSSR count). The van der Waals surface area contributed by atoms with Crippen molar-refractivity contribution in [1.29, 1.82) is 0 Å². The van der Waals surface area contributed by atoms with Gasteiger partial charge in [0, 0.05) is 13.5 Å². The highest BCUT2D eigenvalue weighted by Gasteiger charge is 2.14. The van der Waals surface area contributed by atoms with Crippen LogP contribution in [0.25, 0.3) is 0 Å². The first-order chi connectivity index (χ1) is 7.59. The molecule has 0 aliphatic carbocycles. The summed E-state index contributed by atoms with van der Waals surface area (Å²) in [6, 6.07) is 9.56. The molecule has 0 aliphatic heterocycles. The van der Waals surface area contributed by atoms with E-state index in [2.05, 4.69) is 26.6 Å². The molecular weight excluding hydrogens is 272 g/mol. The third kappa shape index (κ3) is 4.44. The standard InChI is InChI=1S/C11H13BrN2O2/c1-8(15)14-10(12)11(16)13-7-9-5-3-2-4-6-9/h2-6,10H,7H2,1H3,(H,13,16)(H,14,15). The van der Waals surface area contributed by atoms with Crippen molar-refractivity contribution in [3.8, 4) is 0 Å². The van der Waals surface area contributed by atoms with Gasteiger partial charge in [-0.25, -0.2) is 0 Å². The Hall–Kier alpha value is -1.36. The fourth-order valence-electron chi connectivity index (χ4n) is 1.12. The van der Waals surface area contributed by atoms with Gasteiger partial charge in [-0.1, -0.05) is 46.3 Å². The molecule has 0 bridgehead atoms. The van der Waals surface area contributed by atoms with E-state index in [1.165, 1.54) is 6.92 Å². The van der Waals surface area contributed by atoms with Crippen LogP contribution in [0.15, 0.2) is 30.3 Å². The first-order valence-electron chi connectivity index (χ1n) is 4.82. The molecule has 1 unspecified atom stereocenters. The summed E-state index contributed by atoms with van der Waals surface area (Å²) in [4.78, 5) is 21.5. The molecule has 0 spiro atoms. The SMILES string of the molecule is CC(=O)NC(Br)C(=O)NCc1ccccc1. The van der Waals surface area contributed by atoms with Crippen molar-refractivity contribution in [2.75, 3.05) is 0 Å². The molecule has 2 N–H and O–H groups in total. The molecule has 2 amide bonds. The molecule has 16 heavy (non-hydrogen) atoms. The van der Waals surface area contributed by atoms with Crippen molar-refractivity contribution in [1.82, 2.24) is 10.6 Å². The van der Waals surface area contributed by atoms with Gasteiger partial charge in [-0.15, -0.1) is 0 Å². The number of carbonyl (C=O) groups is 2. The molecule has 0 heterocycles. The molecule has 1 aromatic rings. The monoisotopic (exact) mass is 284 g/mol. The van der Waals surface area contributed by atoms with Crippen molar-refractivity contribution >= 4 is 27.7 Å². The van der Waals surface area contributed by atoms with Gasteiger partial charge in [0.05, 0.1) is 0 Å². The average molecular weight is 285 g/mol. The number of rotatable bonds is 4. The lowest BCUT2D eigenvalue weighted by Crippen LogP contribution is -2.41. The quantitative estimate of drug-likeness (QED) is 0.644. The molecule has 4 nitrogen and oxygen atoms in total. The van der Waals surface area contributed by atoms with E-state index in [1.807, 2.05) is 30.3 Å². The van der Waals surface area contributed by atoms with E-state index in [-0.39, 0.29) is 11.8 Å². The van der Waals surface area contributed by atoms with Crippen LogP contribution >= 0.6 is 15.9 Å². The minimum absolute atomic E-state index is 0.253. The molecule has 0 aromatic heterocycles. The number of hydrogen-bond acceptors (Lipinski definition) is 2. The minimum Gasteiger partial charge on any atom is -0.349 e. The summed E-state index contributed by atoms with van der Waals surface area (Å²) < 4.78 is 0. The van der Waals surface area contributed by atoms with Crippen LogP contribution in [0, 0.1) is 0 Å². The Balaban J connectivity index is 2.38. The highest BCUT2D eigenvalue weighted by atomic mass is 79.9. The topological polar surface area (TPSA) is 58.2 Å². The van der Waals surface area contributed by atoms with E-state index in [0.717, 1.165) is 5.56 Å². The number of amides is 2. The zero-order valence-corrected chi connectivity index (χ0v) is 10.5. The molecular formula is C11H13BrN2O2. The maximum absolute atomic E-state index is 11.5. The summed E-state index contributed by atoms with van der Waals surface area (Å²) >= 11 is 3.07. The maximum atomic E-state index is 11.5. The molecule has 1 atom stereocenters. The number of nitrogens with one attached hydrogen (secondary N) is 2. The smallest absolute Gasteiger partial charge is 0.253 e. The number of halogens is 1. The average Bonchev–Trinajstić information content (AvgIpc) is 2.26. The molecule has 0 saturated heterocycles. The van der Waals surface area contributed by atoms with Gasteiger partial charge in [-0.3, -0.25) is 9.59 Å². The highest BCUT2D eigenvalue weighted by molar-refractivity contribution is 9.10. The number of benzene rings is 1. The predicted octanol–water partition coefficient (Wildman–Crippen LogP) is 1.16. The Labute approximate surface area is 103 Å². The fraction of sp³-hybridized carbons (Fsp3) is 0.273. The third-order valence-electron chi connectivity index (χ3n) is 1.87. The van der Waals surface area contributed by atoms with Crippen LogP contribution in [-0.4, -0.2) is 16.8 Å². The molecule has 0 radical (unpaired) electrons. The summed E-state index contributed by atoms with van der Waals surface area (Å²) in [7, 11) is 0. The molecule has 5 heteroatoms. The fourth-order valence-corrected chi connectivity index (χ4v) is 1.60. The first kappa shape index (κ1) is 12.7. The van der Waals surface area contributed by atoms with E-state index >= 15 is 0 Å². The summed E-state index contributed by atoms with van der Waals surface area (Å²) in [5, 5.41) is 5.15. The predicted molar refractivity (Wildman–Crippen MR) is 64.8 cm³/mol. The van der Waals surface area contributed by atoms with E-state index in [9.17, 15) is 9.59 Å². The van der Waals surface area contributed by atoms with Gasteiger partial charge in [0.2, 0.25) is 5.91 Å². The van der Waals surface area contributed by atoms with Crippen LogP contribution in [0.4, 0.5) is 0 Å². The Morgan fingerprint density at radius 3 is 2.50 bits per heavy atom. The zero-order valence-electron chi connectivity index (χ0n) is 8.87. The molecule has 0 saturated carbocycles. The maximum Gasteiger partial charge on any atom is 0.253 e. The molecule has 86 valence electrons. The van der Waals surface area contributed by atoms with Gasteiger partial charge < -0.3 is 10.6 Å². The van der Waals surface area contributed by atoms with E-state index in [4.69, 9.17) is 0 Å². The second-order valence-corrected chi connectivity index (χ2v) is 4.18. The van der Waals surface area contributed by atoms with Gasteiger partial charge in [-0.05, 0) is 5.56 Å². The minimum atomic E-state index is -0.686. The molecule has 0 fully saturated rings. The summed E-state index contributed by atoms with van der Waals surface area (Å²) in [5.74, 6) is -0.518. The van der Waals surface area contributed by atoms with Crippen molar-refractivity contribution in [3.63, 3.8) is 0 Å². The first-order valence-corrected chi connectivity index (χ1v) is 5.74. The van der Waals surface area contributed by atoms with Crippen LogP contribution in [0.5, 0.6) is 0 Å². The Kier molecular flexibility index (Phi) is 4.98. The van der Waals surface area contributed by atoms with Crippen molar-refractivity contribution < 1.29 is 9.59 Å². The van der Waals surface area contributed by atoms with Crippen LogP contribution in [-0.2, 0) is 16.1 Å². The normalized spacial score (nSPS) is 11.6. The van der Waals surface area contributed by atoms with Gasteiger partial charge in [0.25, 0.3) is 5.91 Å². The van der Waals surface area contributed by atoms with E-state index in [0.29, 0.717) is 6.54 Å². The largest absolute Gasteiger partial charge is 0.349 e. The van der Waals surface area contributed by atoms with Crippen LogP contribution in [0.1, 0.15) is 12.5 Å². The van der Waals surface area contributed by atoms with Crippen LogP contribution in [0.3, 0.4) is 0 Å². The molecule has 0 aliphatic rings. The second-order valence-electron chi connectivity index (χ2n) is 3.27. The summed E-state index contributed by atoms with van der Waals surface area (Å²) in [6.07, 6.45) is 0. The van der Waals surface area contributed by atoms with Crippen LogP contribution < -0.4 is 10.6 Å².